The van der Waals surface area contributed by atoms with Crippen LogP contribution in [0.15, 0.2) is 46.2 Å². The van der Waals surface area contributed by atoms with Crippen LogP contribution in [-0.4, -0.2) is 0 Å². The first-order chi connectivity index (χ1) is 8.54. The van der Waals surface area contributed by atoms with Crippen molar-refractivity contribution in [1.82, 2.24) is 0 Å². The lowest BCUT2D eigenvalue weighted by Gasteiger charge is -2.07. The van der Waals surface area contributed by atoms with Gasteiger partial charge >= 0.3 is 0 Å². The van der Waals surface area contributed by atoms with Crippen molar-refractivity contribution in [3.63, 3.8) is 0 Å². The molecule has 2 aromatic rings. The van der Waals surface area contributed by atoms with Crippen LogP contribution in [0, 0.1) is 27.7 Å². The predicted octanol–water partition coefficient (Wildman–Crippen LogP) is 5.72. The highest BCUT2D eigenvalue weighted by Gasteiger charge is 2.02. The molecule has 0 aliphatic rings. The number of hydrogen-bond acceptors (Lipinski definition) is 2. The zero-order valence-electron chi connectivity index (χ0n) is 11.3. The highest BCUT2D eigenvalue weighted by Crippen LogP contribution is 2.39. The van der Waals surface area contributed by atoms with Gasteiger partial charge in [-0.25, -0.2) is 0 Å². The Labute approximate surface area is 118 Å². The largest absolute Gasteiger partial charge is 0.0590 e. The van der Waals surface area contributed by atoms with E-state index in [0.717, 1.165) is 0 Å². The van der Waals surface area contributed by atoms with Crippen molar-refractivity contribution < 1.29 is 0 Å². The molecule has 0 atom stereocenters. The van der Waals surface area contributed by atoms with Gasteiger partial charge in [-0.05, 0) is 68.1 Å². The maximum Gasteiger partial charge on any atom is 0.0218 e. The molecular weight excluding hydrogens is 256 g/mol. The lowest BCUT2D eigenvalue weighted by atomic mass is 10.2. The fraction of sp³-hybridized carbons (Fsp3) is 0.250. The van der Waals surface area contributed by atoms with E-state index in [4.69, 9.17) is 0 Å². The minimum Gasteiger partial charge on any atom is -0.0590 e. The molecule has 2 heteroatoms. The Hall–Kier alpha value is -0.860. The van der Waals surface area contributed by atoms with Gasteiger partial charge in [0, 0.05) is 9.79 Å². The molecule has 0 bridgehead atoms. The SMILES string of the molecule is Cc1cc(C)cc(SSc2cc(C)ccc2C)c1. The van der Waals surface area contributed by atoms with Gasteiger partial charge in [0.1, 0.15) is 0 Å². The number of benzene rings is 2. The van der Waals surface area contributed by atoms with Crippen LogP contribution in [0.1, 0.15) is 22.3 Å². The van der Waals surface area contributed by atoms with E-state index in [0.29, 0.717) is 0 Å². The third-order valence-electron chi connectivity index (χ3n) is 2.77. The fourth-order valence-electron chi connectivity index (χ4n) is 1.87. The number of hydrogen-bond donors (Lipinski definition) is 0. The van der Waals surface area contributed by atoms with Crippen LogP contribution >= 0.6 is 21.6 Å². The van der Waals surface area contributed by atoms with Gasteiger partial charge in [-0.3, -0.25) is 0 Å². The molecule has 0 aliphatic heterocycles. The van der Waals surface area contributed by atoms with Gasteiger partial charge in [0.15, 0.2) is 0 Å². The summed E-state index contributed by atoms with van der Waals surface area (Å²) in [4.78, 5) is 2.69. The van der Waals surface area contributed by atoms with Gasteiger partial charge in [-0.15, -0.1) is 0 Å². The first kappa shape index (κ1) is 13.6. The van der Waals surface area contributed by atoms with E-state index in [1.165, 1.54) is 32.0 Å². The highest BCUT2D eigenvalue weighted by molar-refractivity contribution is 8.76. The summed E-state index contributed by atoms with van der Waals surface area (Å²) >= 11 is 0. The second-order valence-corrected chi connectivity index (χ2v) is 7.00. The maximum absolute atomic E-state index is 2.26. The Bertz CT molecular complexity index is 539. The lowest BCUT2D eigenvalue weighted by molar-refractivity contribution is 1.27. The fourth-order valence-corrected chi connectivity index (χ4v) is 4.34. The zero-order valence-corrected chi connectivity index (χ0v) is 12.9. The van der Waals surface area contributed by atoms with E-state index in [9.17, 15) is 0 Å². The van der Waals surface area contributed by atoms with E-state index in [2.05, 4.69) is 64.1 Å². The minimum atomic E-state index is 1.32. The van der Waals surface area contributed by atoms with Crippen LogP contribution < -0.4 is 0 Å². The normalized spacial score (nSPS) is 10.7. The van der Waals surface area contributed by atoms with Gasteiger partial charge < -0.3 is 0 Å². The molecule has 0 aromatic heterocycles. The van der Waals surface area contributed by atoms with Crippen LogP contribution in [0.2, 0.25) is 0 Å². The molecule has 0 radical (unpaired) electrons. The molecule has 0 saturated heterocycles. The third kappa shape index (κ3) is 3.56. The number of aryl methyl sites for hydroxylation is 4. The Morgan fingerprint density at radius 2 is 1.33 bits per heavy atom. The summed E-state index contributed by atoms with van der Waals surface area (Å²) < 4.78 is 0. The van der Waals surface area contributed by atoms with E-state index in [1.807, 2.05) is 21.6 Å². The van der Waals surface area contributed by atoms with Crippen molar-refractivity contribution in [1.29, 1.82) is 0 Å². The first-order valence-electron chi connectivity index (χ1n) is 6.04. The molecule has 0 fully saturated rings. The first-order valence-corrected chi connectivity index (χ1v) is 8.19. The zero-order chi connectivity index (χ0) is 13.1. The van der Waals surface area contributed by atoms with Crippen molar-refractivity contribution in [2.45, 2.75) is 37.5 Å². The van der Waals surface area contributed by atoms with Crippen LogP contribution in [0.4, 0.5) is 0 Å². The van der Waals surface area contributed by atoms with Crippen molar-refractivity contribution in [2.75, 3.05) is 0 Å². The molecule has 18 heavy (non-hydrogen) atoms. The van der Waals surface area contributed by atoms with E-state index in [-0.39, 0.29) is 0 Å². The van der Waals surface area contributed by atoms with Gasteiger partial charge in [0.05, 0.1) is 0 Å². The van der Waals surface area contributed by atoms with Crippen LogP contribution in [0.25, 0.3) is 0 Å². The standard InChI is InChI=1S/C16H18S2/c1-11-5-6-14(4)16(10-11)18-17-15-8-12(2)7-13(3)9-15/h5-10H,1-4H3. The Morgan fingerprint density at radius 3 is 2.00 bits per heavy atom. The van der Waals surface area contributed by atoms with E-state index < -0.39 is 0 Å². The molecule has 0 heterocycles. The van der Waals surface area contributed by atoms with Crippen molar-refractivity contribution in [2.24, 2.45) is 0 Å². The molecule has 0 unspecified atom stereocenters. The summed E-state index contributed by atoms with van der Waals surface area (Å²) in [6, 6.07) is 13.3. The second-order valence-electron chi connectivity index (χ2n) is 4.76. The van der Waals surface area contributed by atoms with Crippen LogP contribution in [-0.2, 0) is 0 Å². The molecular formula is C16H18S2. The maximum atomic E-state index is 2.26. The van der Waals surface area contributed by atoms with E-state index >= 15 is 0 Å². The quantitative estimate of drug-likeness (QED) is 0.656. The molecule has 0 spiro atoms. The number of rotatable bonds is 3. The van der Waals surface area contributed by atoms with Gasteiger partial charge in [0.25, 0.3) is 0 Å². The van der Waals surface area contributed by atoms with E-state index in [1.54, 1.807) is 0 Å². The molecule has 0 saturated carbocycles. The average Bonchev–Trinajstić information content (AvgIpc) is 2.29. The van der Waals surface area contributed by atoms with Crippen molar-refractivity contribution in [3.05, 3.63) is 58.7 Å². The summed E-state index contributed by atoms with van der Waals surface area (Å²) in [7, 11) is 3.69. The van der Waals surface area contributed by atoms with Crippen LogP contribution in [0.3, 0.4) is 0 Å². The molecule has 0 amide bonds. The summed E-state index contributed by atoms with van der Waals surface area (Å²) in [6.07, 6.45) is 0. The lowest BCUT2D eigenvalue weighted by Crippen LogP contribution is -1.81. The van der Waals surface area contributed by atoms with Crippen LogP contribution in [0.5, 0.6) is 0 Å². The van der Waals surface area contributed by atoms with Crippen molar-refractivity contribution in [3.8, 4) is 0 Å². The Kier molecular flexibility index (Phi) is 4.41. The topological polar surface area (TPSA) is 0 Å². The monoisotopic (exact) mass is 274 g/mol. The van der Waals surface area contributed by atoms with Crippen molar-refractivity contribution >= 4 is 21.6 Å². The van der Waals surface area contributed by atoms with Gasteiger partial charge in [0.2, 0.25) is 0 Å². The Morgan fingerprint density at radius 1 is 0.667 bits per heavy atom. The molecule has 2 rings (SSSR count). The smallest absolute Gasteiger partial charge is 0.0218 e. The molecule has 0 aliphatic carbocycles. The molecule has 94 valence electrons. The minimum absolute atomic E-state index is 1.32. The summed E-state index contributed by atoms with van der Waals surface area (Å²) in [5.41, 5.74) is 5.34. The average molecular weight is 274 g/mol. The summed E-state index contributed by atoms with van der Waals surface area (Å²) in [6.45, 7) is 8.62. The second kappa shape index (κ2) is 5.85. The highest BCUT2D eigenvalue weighted by atomic mass is 33.1. The van der Waals surface area contributed by atoms with Gasteiger partial charge in [-0.1, -0.05) is 39.8 Å². The predicted molar refractivity (Wildman–Crippen MR) is 83.5 cm³/mol. The summed E-state index contributed by atoms with van der Waals surface area (Å²) in [5.74, 6) is 0. The molecule has 0 N–H and O–H groups in total. The summed E-state index contributed by atoms with van der Waals surface area (Å²) in [5, 5.41) is 0. The molecule has 2 aromatic carbocycles. The molecule has 0 nitrogen and oxygen atoms in total. The van der Waals surface area contributed by atoms with Gasteiger partial charge in [-0.2, -0.15) is 0 Å². The third-order valence-corrected chi connectivity index (χ3v) is 5.26. The Balaban J connectivity index is 2.13.